The zero-order valence-corrected chi connectivity index (χ0v) is 17.6. The first kappa shape index (κ1) is 20.9. The molecule has 2 heterocycles. The van der Waals surface area contributed by atoms with Crippen LogP contribution in [0.1, 0.15) is 53.8 Å². The Kier molecular flexibility index (Phi) is 6.54. The molecule has 1 atom stereocenters. The molecule has 29 heavy (non-hydrogen) atoms. The van der Waals surface area contributed by atoms with Gasteiger partial charge in [0.15, 0.2) is 0 Å². The smallest absolute Gasteiger partial charge is 0.256 e. The molecule has 0 fully saturated rings. The van der Waals surface area contributed by atoms with E-state index in [0.29, 0.717) is 18.5 Å². The SMILES string of the molecule is CNCCCNC(=O)CC(C)c1c(C)[nH]c(C=C2C(=O)Nc3ccccc32)c1C. The number of fused-ring (bicyclic) bond motifs is 1. The first-order valence-corrected chi connectivity index (χ1v) is 10.1. The van der Waals surface area contributed by atoms with Crippen molar-refractivity contribution in [2.24, 2.45) is 0 Å². The van der Waals surface area contributed by atoms with Crippen LogP contribution in [-0.4, -0.2) is 36.9 Å². The van der Waals surface area contributed by atoms with Crippen LogP contribution in [0.4, 0.5) is 5.69 Å². The number of rotatable bonds is 8. The van der Waals surface area contributed by atoms with Crippen molar-refractivity contribution in [3.63, 3.8) is 0 Å². The van der Waals surface area contributed by atoms with Crippen molar-refractivity contribution >= 4 is 29.2 Å². The van der Waals surface area contributed by atoms with E-state index in [0.717, 1.165) is 46.7 Å². The standard InChI is InChI=1S/C23H30N4O2/c1-14(12-21(28)25-11-7-10-24-4)22-15(2)20(26-16(22)3)13-18-17-8-5-6-9-19(17)27-23(18)29/h5-6,8-9,13-14,24,26H,7,10-12H2,1-4H3,(H,25,28)(H,27,29). The molecule has 2 amide bonds. The van der Waals surface area contributed by atoms with Gasteiger partial charge in [-0.15, -0.1) is 0 Å². The van der Waals surface area contributed by atoms with E-state index < -0.39 is 0 Å². The first-order valence-electron chi connectivity index (χ1n) is 10.1. The van der Waals surface area contributed by atoms with E-state index in [1.807, 2.05) is 51.2 Å². The Morgan fingerprint density at radius 1 is 1.21 bits per heavy atom. The maximum atomic E-state index is 12.4. The minimum absolute atomic E-state index is 0.0672. The van der Waals surface area contributed by atoms with Gasteiger partial charge in [-0.2, -0.15) is 0 Å². The Morgan fingerprint density at radius 3 is 2.72 bits per heavy atom. The second-order valence-corrected chi connectivity index (χ2v) is 7.67. The highest BCUT2D eigenvalue weighted by Gasteiger charge is 2.25. The number of nitrogens with one attached hydrogen (secondary N) is 4. The fourth-order valence-electron chi connectivity index (χ4n) is 4.04. The number of aromatic amines is 1. The van der Waals surface area contributed by atoms with Gasteiger partial charge in [-0.1, -0.05) is 25.1 Å². The van der Waals surface area contributed by atoms with E-state index >= 15 is 0 Å². The minimum Gasteiger partial charge on any atom is -0.359 e. The summed E-state index contributed by atoms with van der Waals surface area (Å²) in [5.74, 6) is 0.0680. The first-order chi connectivity index (χ1) is 13.9. The summed E-state index contributed by atoms with van der Waals surface area (Å²) in [5, 5.41) is 8.97. The molecule has 1 aromatic heterocycles. The van der Waals surface area contributed by atoms with Crippen LogP contribution in [0.2, 0.25) is 0 Å². The monoisotopic (exact) mass is 394 g/mol. The highest BCUT2D eigenvalue weighted by atomic mass is 16.2. The van der Waals surface area contributed by atoms with Gasteiger partial charge in [0.2, 0.25) is 5.91 Å². The van der Waals surface area contributed by atoms with Gasteiger partial charge in [0.1, 0.15) is 0 Å². The van der Waals surface area contributed by atoms with Crippen LogP contribution < -0.4 is 16.0 Å². The van der Waals surface area contributed by atoms with Crippen molar-refractivity contribution < 1.29 is 9.59 Å². The lowest BCUT2D eigenvalue weighted by Crippen LogP contribution is -2.27. The molecular formula is C23H30N4O2. The number of amides is 2. The van der Waals surface area contributed by atoms with Crippen LogP contribution in [0.15, 0.2) is 24.3 Å². The Morgan fingerprint density at radius 2 is 1.97 bits per heavy atom. The molecule has 0 spiro atoms. The molecule has 1 aromatic carbocycles. The second kappa shape index (κ2) is 9.09. The summed E-state index contributed by atoms with van der Waals surface area (Å²) in [4.78, 5) is 28.1. The third-order valence-electron chi connectivity index (χ3n) is 5.44. The second-order valence-electron chi connectivity index (χ2n) is 7.67. The quantitative estimate of drug-likeness (QED) is 0.409. The van der Waals surface area contributed by atoms with Gasteiger partial charge < -0.3 is 20.9 Å². The summed E-state index contributed by atoms with van der Waals surface area (Å²) < 4.78 is 0. The molecule has 1 aliphatic heterocycles. The predicted octanol–water partition coefficient (Wildman–Crippen LogP) is 3.34. The molecule has 0 saturated heterocycles. The van der Waals surface area contributed by atoms with Crippen molar-refractivity contribution in [1.82, 2.24) is 15.6 Å². The maximum absolute atomic E-state index is 12.4. The van der Waals surface area contributed by atoms with Crippen molar-refractivity contribution in [1.29, 1.82) is 0 Å². The average Bonchev–Trinajstić information content (AvgIpc) is 3.15. The van der Waals surface area contributed by atoms with Crippen LogP contribution in [0.5, 0.6) is 0 Å². The number of aromatic nitrogens is 1. The average molecular weight is 395 g/mol. The Labute approximate surface area is 172 Å². The maximum Gasteiger partial charge on any atom is 0.256 e. The van der Waals surface area contributed by atoms with Crippen molar-refractivity contribution in [2.75, 3.05) is 25.5 Å². The van der Waals surface area contributed by atoms with Crippen LogP contribution >= 0.6 is 0 Å². The number of carbonyl (C=O) groups is 2. The summed E-state index contributed by atoms with van der Waals surface area (Å²) in [6, 6.07) is 7.70. The molecule has 0 aliphatic carbocycles. The lowest BCUT2D eigenvalue weighted by Gasteiger charge is -2.13. The summed E-state index contributed by atoms with van der Waals surface area (Å²) in [6.07, 6.45) is 3.27. The van der Waals surface area contributed by atoms with E-state index in [4.69, 9.17) is 0 Å². The van der Waals surface area contributed by atoms with Crippen LogP contribution in [-0.2, 0) is 9.59 Å². The number of hydrogen-bond donors (Lipinski definition) is 4. The Bertz CT molecular complexity index is 942. The number of carbonyl (C=O) groups excluding carboxylic acids is 2. The van der Waals surface area contributed by atoms with E-state index in [-0.39, 0.29) is 17.7 Å². The number of aryl methyl sites for hydroxylation is 1. The highest BCUT2D eigenvalue weighted by Crippen LogP contribution is 2.35. The third kappa shape index (κ3) is 4.59. The fourth-order valence-corrected chi connectivity index (χ4v) is 4.04. The fraction of sp³-hybridized carbons (Fsp3) is 0.391. The van der Waals surface area contributed by atoms with Gasteiger partial charge in [0.25, 0.3) is 5.91 Å². The van der Waals surface area contributed by atoms with E-state index in [9.17, 15) is 9.59 Å². The molecule has 2 aromatic rings. The lowest BCUT2D eigenvalue weighted by atomic mass is 9.93. The Hall–Kier alpha value is -2.86. The number of benzene rings is 1. The minimum atomic E-state index is -0.0894. The molecular weight excluding hydrogens is 364 g/mol. The summed E-state index contributed by atoms with van der Waals surface area (Å²) in [5.41, 5.74) is 6.60. The number of anilines is 1. The lowest BCUT2D eigenvalue weighted by molar-refractivity contribution is -0.121. The van der Waals surface area contributed by atoms with E-state index in [1.54, 1.807) is 0 Å². The summed E-state index contributed by atoms with van der Waals surface area (Å²) in [7, 11) is 1.90. The third-order valence-corrected chi connectivity index (χ3v) is 5.44. The molecule has 1 unspecified atom stereocenters. The van der Waals surface area contributed by atoms with Crippen molar-refractivity contribution in [2.45, 2.75) is 39.5 Å². The molecule has 3 rings (SSSR count). The van der Waals surface area contributed by atoms with Gasteiger partial charge in [-0.25, -0.2) is 0 Å². The van der Waals surface area contributed by atoms with E-state index in [2.05, 4.69) is 27.9 Å². The molecule has 1 aliphatic rings. The van der Waals surface area contributed by atoms with Gasteiger partial charge in [-0.3, -0.25) is 9.59 Å². The number of H-pyrrole nitrogens is 1. The topological polar surface area (TPSA) is 86.0 Å². The molecule has 6 nitrogen and oxygen atoms in total. The molecule has 0 saturated carbocycles. The van der Waals surface area contributed by atoms with Crippen LogP contribution in [0.3, 0.4) is 0 Å². The highest BCUT2D eigenvalue weighted by molar-refractivity contribution is 6.34. The van der Waals surface area contributed by atoms with Gasteiger partial charge in [-0.05, 0) is 63.0 Å². The number of hydrogen-bond acceptors (Lipinski definition) is 3. The predicted molar refractivity (Wildman–Crippen MR) is 118 cm³/mol. The number of para-hydroxylation sites is 1. The normalized spacial score (nSPS) is 15.3. The molecule has 154 valence electrons. The van der Waals surface area contributed by atoms with Gasteiger partial charge in [0, 0.05) is 35.6 Å². The zero-order chi connectivity index (χ0) is 21.0. The van der Waals surface area contributed by atoms with E-state index in [1.165, 1.54) is 0 Å². The van der Waals surface area contributed by atoms with Crippen molar-refractivity contribution in [3.05, 3.63) is 52.3 Å². The molecule has 6 heteroatoms. The molecule has 0 bridgehead atoms. The molecule has 0 radical (unpaired) electrons. The largest absolute Gasteiger partial charge is 0.359 e. The van der Waals surface area contributed by atoms with Crippen LogP contribution in [0, 0.1) is 13.8 Å². The Balaban J connectivity index is 1.77. The molecule has 4 N–H and O–H groups in total. The van der Waals surface area contributed by atoms with Crippen molar-refractivity contribution in [3.8, 4) is 0 Å². The summed E-state index contributed by atoms with van der Waals surface area (Å²) >= 11 is 0. The van der Waals surface area contributed by atoms with Gasteiger partial charge >= 0.3 is 0 Å². The van der Waals surface area contributed by atoms with Crippen LogP contribution in [0.25, 0.3) is 11.6 Å². The summed E-state index contributed by atoms with van der Waals surface area (Å²) in [6.45, 7) is 7.72. The zero-order valence-electron chi connectivity index (χ0n) is 17.6. The van der Waals surface area contributed by atoms with Gasteiger partial charge in [0.05, 0.1) is 5.57 Å².